The van der Waals surface area contributed by atoms with Gasteiger partial charge in [-0.1, -0.05) is 12.1 Å². The number of benzene rings is 1. The Morgan fingerprint density at radius 2 is 2.17 bits per heavy atom. The highest BCUT2D eigenvalue weighted by atomic mass is 32.1. The highest BCUT2D eigenvalue weighted by Crippen LogP contribution is 2.43. The maximum Gasteiger partial charge on any atom is 0.148 e. The van der Waals surface area contributed by atoms with Crippen LogP contribution < -0.4 is 5.73 Å². The Balaban J connectivity index is 1.85. The molecule has 0 saturated heterocycles. The molecule has 3 aromatic rings. The van der Waals surface area contributed by atoms with Gasteiger partial charge in [-0.05, 0) is 42.0 Å². The largest absolute Gasteiger partial charge is 0.337 e. The Kier molecular flexibility index (Phi) is 1.96. The first-order valence-corrected chi connectivity index (χ1v) is 6.96. The molecule has 18 heavy (non-hydrogen) atoms. The molecule has 1 aliphatic carbocycles. The lowest BCUT2D eigenvalue weighted by Crippen LogP contribution is -2.18. The lowest BCUT2D eigenvalue weighted by atomic mass is 10.1. The molecular weight excluding hydrogens is 242 g/mol. The van der Waals surface area contributed by atoms with Gasteiger partial charge in [0.25, 0.3) is 0 Å². The van der Waals surface area contributed by atoms with Gasteiger partial charge in [-0.25, -0.2) is 4.98 Å². The van der Waals surface area contributed by atoms with Crippen molar-refractivity contribution in [1.29, 1.82) is 0 Å². The summed E-state index contributed by atoms with van der Waals surface area (Å²) in [5.74, 6) is 0.944. The van der Waals surface area contributed by atoms with Crippen LogP contribution in [0, 0.1) is 0 Å². The predicted octanol–water partition coefficient (Wildman–Crippen LogP) is 3.24. The molecule has 0 spiro atoms. The van der Waals surface area contributed by atoms with Crippen LogP contribution in [0.5, 0.6) is 0 Å². The number of hydrogen-bond donors (Lipinski definition) is 2. The van der Waals surface area contributed by atoms with E-state index in [1.165, 1.54) is 10.4 Å². The number of aromatic nitrogens is 2. The Labute approximate surface area is 109 Å². The molecule has 4 heteroatoms. The molecule has 1 aliphatic rings. The minimum absolute atomic E-state index is 0.0810. The van der Waals surface area contributed by atoms with Crippen molar-refractivity contribution in [2.24, 2.45) is 5.73 Å². The zero-order valence-corrected chi connectivity index (χ0v) is 10.6. The van der Waals surface area contributed by atoms with E-state index in [0.29, 0.717) is 0 Å². The number of thiophene rings is 1. The maximum absolute atomic E-state index is 6.23. The second kappa shape index (κ2) is 3.43. The molecule has 4 rings (SSSR count). The molecule has 1 saturated carbocycles. The minimum atomic E-state index is -0.0810. The second-order valence-corrected chi connectivity index (χ2v) is 5.90. The van der Waals surface area contributed by atoms with Gasteiger partial charge >= 0.3 is 0 Å². The van der Waals surface area contributed by atoms with E-state index in [4.69, 9.17) is 5.73 Å². The van der Waals surface area contributed by atoms with Crippen LogP contribution in [0.4, 0.5) is 0 Å². The number of nitrogens with two attached hydrogens (primary N) is 1. The summed E-state index contributed by atoms with van der Waals surface area (Å²) in [7, 11) is 0. The van der Waals surface area contributed by atoms with Gasteiger partial charge < -0.3 is 10.7 Å². The SMILES string of the molecule is NC1(c2ccc3nc(-c4cccs4)[nH]c3c2)CC1. The van der Waals surface area contributed by atoms with Gasteiger partial charge in [0.15, 0.2) is 0 Å². The summed E-state index contributed by atoms with van der Waals surface area (Å²) >= 11 is 1.69. The first kappa shape index (κ1) is 10.3. The number of nitrogens with zero attached hydrogens (tertiary/aromatic N) is 1. The van der Waals surface area contributed by atoms with Gasteiger partial charge in [0.1, 0.15) is 5.82 Å². The highest BCUT2D eigenvalue weighted by Gasteiger charge is 2.40. The van der Waals surface area contributed by atoms with Gasteiger partial charge in [0.2, 0.25) is 0 Å². The number of H-pyrrole nitrogens is 1. The number of hydrogen-bond acceptors (Lipinski definition) is 3. The number of nitrogens with one attached hydrogen (secondary N) is 1. The summed E-state index contributed by atoms with van der Waals surface area (Å²) in [4.78, 5) is 9.16. The van der Waals surface area contributed by atoms with Crippen LogP contribution in [0.3, 0.4) is 0 Å². The van der Waals surface area contributed by atoms with E-state index >= 15 is 0 Å². The molecule has 90 valence electrons. The molecule has 0 bridgehead atoms. The van der Waals surface area contributed by atoms with Crippen molar-refractivity contribution in [3.8, 4) is 10.7 Å². The van der Waals surface area contributed by atoms with Crippen LogP contribution in [0.2, 0.25) is 0 Å². The van der Waals surface area contributed by atoms with Crippen molar-refractivity contribution in [3.63, 3.8) is 0 Å². The Morgan fingerprint density at radius 3 is 2.89 bits per heavy atom. The normalized spacial score (nSPS) is 17.2. The van der Waals surface area contributed by atoms with Gasteiger partial charge in [-0.3, -0.25) is 0 Å². The van der Waals surface area contributed by atoms with Crippen LogP contribution in [-0.2, 0) is 5.54 Å². The monoisotopic (exact) mass is 255 g/mol. The van der Waals surface area contributed by atoms with Crippen molar-refractivity contribution in [1.82, 2.24) is 9.97 Å². The third kappa shape index (κ3) is 1.50. The molecule has 0 aliphatic heterocycles. The second-order valence-electron chi connectivity index (χ2n) is 4.95. The Morgan fingerprint density at radius 1 is 1.28 bits per heavy atom. The Hall–Kier alpha value is -1.65. The Bertz CT molecular complexity index is 708. The summed E-state index contributed by atoms with van der Waals surface area (Å²) in [6, 6.07) is 10.4. The number of rotatable bonds is 2. The molecule has 1 aromatic carbocycles. The van der Waals surface area contributed by atoms with Crippen LogP contribution in [0.1, 0.15) is 18.4 Å². The summed E-state index contributed by atoms with van der Waals surface area (Å²) in [6.45, 7) is 0. The molecule has 3 nitrogen and oxygen atoms in total. The van der Waals surface area contributed by atoms with Crippen LogP contribution in [-0.4, -0.2) is 9.97 Å². The van der Waals surface area contributed by atoms with Crippen LogP contribution in [0.15, 0.2) is 35.7 Å². The minimum Gasteiger partial charge on any atom is -0.337 e. The molecule has 0 radical (unpaired) electrons. The first-order valence-electron chi connectivity index (χ1n) is 6.08. The number of aromatic amines is 1. The summed E-state index contributed by atoms with van der Waals surface area (Å²) in [6.07, 6.45) is 2.18. The van der Waals surface area contributed by atoms with E-state index in [2.05, 4.69) is 39.6 Å². The maximum atomic E-state index is 6.23. The fraction of sp³-hybridized carbons (Fsp3) is 0.214. The number of imidazole rings is 1. The molecule has 0 atom stereocenters. The van der Waals surface area contributed by atoms with Crippen LogP contribution in [0.25, 0.3) is 21.7 Å². The van der Waals surface area contributed by atoms with Crippen molar-refractivity contribution in [2.75, 3.05) is 0 Å². The molecule has 2 aromatic heterocycles. The van der Waals surface area contributed by atoms with E-state index in [-0.39, 0.29) is 5.54 Å². The van der Waals surface area contributed by atoms with Gasteiger partial charge in [0.05, 0.1) is 15.9 Å². The van der Waals surface area contributed by atoms with Gasteiger partial charge in [0, 0.05) is 5.54 Å². The molecular formula is C14H13N3S. The smallest absolute Gasteiger partial charge is 0.148 e. The zero-order chi connectivity index (χ0) is 12.2. The fourth-order valence-electron chi connectivity index (χ4n) is 2.27. The highest BCUT2D eigenvalue weighted by molar-refractivity contribution is 7.13. The van der Waals surface area contributed by atoms with Crippen molar-refractivity contribution < 1.29 is 0 Å². The lowest BCUT2D eigenvalue weighted by molar-refractivity contribution is 0.741. The molecule has 3 N–H and O–H groups in total. The summed E-state index contributed by atoms with van der Waals surface area (Å²) in [5, 5.41) is 2.06. The molecule has 0 amide bonds. The van der Waals surface area contributed by atoms with E-state index in [0.717, 1.165) is 29.7 Å². The predicted molar refractivity (Wildman–Crippen MR) is 74.5 cm³/mol. The average Bonchev–Trinajstić information content (AvgIpc) is 2.88. The van der Waals surface area contributed by atoms with Crippen molar-refractivity contribution in [3.05, 3.63) is 41.3 Å². The summed E-state index contributed by atoms with van der Waals surface area (Å²) < 4.78 is 0. The van der Waals surface area contributed by atoms with Gasteiger partial charge in [-0.15, -0.1) is 11.3 Å². The van der Waals surface area contributed by atoms with Crippen molar-refractivity contribution >= 4 is 22.4 Å². The van der Waals surface area contributed by atoms with E-state index < -0.39 is 0 Å². The summed E-state index contributed by atoms with van der Waals surface area (Å²) in [5.41, 5.74) is 9.45. The van der Waals surface area contributed by atoms with Crippen molar-refractivity contribution in [2.45, 2.75) is 18.4 Å². The topological polar surface area (TPSA) is 54.7 Å². The van der Waals surface area contributed by atoms with E-state index in [1.54, 1.807) is 11.3 Å². The third-order valence-electron chi connectivity index (χ3n) is 3.60. The van der Waals surface area contributed by atoms with Crippen LogP contribution >= 0.6 is 11.3 Å². The molecule has 0 unspecified atom stereocenters. The average molecular weight is 255 g/mol. The van der Waals surface area contributed by atoms with Gasteiger partial charge in [-0.2, -0.15) is 0 Å². The third-order valence-corrected chi connectivity index (χ3v) is 4.48. The van der Waals surface area contributed by atoms with E-state index in [1.807, 2.05) is 6.07 Å². The first-order chi connectivity index (χ1) is 8.74. The molecule has 2 heterocycles. The number of fused-ring (bicyclic) bond motifs is 1. The zero-order valence-electron chi connectivity index (χ0n) is 9.81. The fourth-order valence-corrected chi connectivity index (χ4v) is 2.94. The standard InChI is InChI=1S/C14H13N3S/c15-14(5-6-14)9-3-4-10-11(8-9)17-13(16-10)12-2-1-7-18-12/h1-4,7-8H,5-6,15H2,(H,16,17). The van der Waals surface area contributed by atoms with E-state index in [9.17, 15) is 0 Å². The quantitative estimate of drug-likeness (QED) is 0.738. The lowest BCUT2D eigenvalue weighted by Gasteiger charge is -2.07. The molecule has 1 fully saturated rings.